The normalized spacial score (nSPS) is 10.8. The molecule has 0 unspecified atom stereocenters. The van der Waals surface area contributed by atoms with Crippen LogP contribution in [0, 0.1) is 23.0 Å². The molecule has 0 saturated heterocycles. The Balaban J connectivity index is 1.94. The molecule has 0 fully saturated rings. The lowest BCUT2D eigenvalue weighted by molar-refractivity contribution is -0.0498. The average Bonchev–Trinajstić information content (AvgIpc) is 3.16. The summed E-state index contributed by atoms with van der Waals surface area (Å²) >= 11 is 0. The molecule has 4 aromatic rings. The lowest BCUT2D eigenvalue weighted by atomic mass is 10.1. The molecule has 13 heteroatoms. The summed E-state index contributed by atoms with van der Waals surface area (Å²) in [4.78, 5) is 26.8. The van der Waals surface area contributed by atoms with E-state index in [0.29, 0.717) is 0 Å². The molecule has 0 bridgehead atoms. The number of hydrogen-bond donors (Lipinski definition) is 1. The van der Waals surface area contributed by atoms with Crippen molar-refractivity contribution in [3.05, 3.63) is 87.7 Å². The number of amides is 1. The van der Waals surface area contributed by atoms with Gasteiger partial charge in [0, 0.05) is 30.8 Å². The molecule has 1 heterocycles. The second-order valence-electron chi connectivity index (χ2n) is 8.18. The predicted octanol–water partition coefficient (Wildman–Crippen LogP) is 4.86. The van der Waals surface area contributed by atoms with E-state index < -0.39 is 41.0 Å². The van der Waals surface area contributed by atoms with Gasteiger partial charge in [-0.05, 0) is 36.4 Å². The molecule has 0 spiro atoms. The summed E-state index contributed by atoms with van der Waals surface area (Å²) in [7, 11) is 3.90. The zero-order valence-corrected chi connectivity index (χ0v) is 21.2. The molecule has 1 amide bonds. The van der Waals surface area contributed by atoms with E-state index in [-0.39, 0.29) is 39.8 Å². The largest absolute Gasteiger partial charge is 0.497 e. The zero-order valence-electron chi connectivity index (χ0n) is 21.2. The molecule has 40 heavy (non-hydrogen) atoms. The van der Waals surface area contributed by atoms with Gasteiger partial charge in [-0.25, -0.2) is 13.5 Å². The summed E-state index contributed by atoms with van der Waals surface area (Å²) in [6, 6.07) is 12.6. The summed E-state index contributed by atoms with van der Waals surface area (Å²) in [5.41, 5.74) is -2.50. The van der Waals surface area contributed by atoms with Crippen molar-refractivity contribution in [2.75, 3.05) is 19.5 Å². The highest BCUT2D eigenvalue weighted by atomic mass is 19.3. The minimum absolute atomic E-state index is 0.0129. The number of anilines is 1. The number of alkyl halides is 2. The van der Waals surface area contributed by atoms with E-state index in [2.05, 4.69) is 10.1 Å². The van der Waals surface area contributed by atoms with Gasteiger partial charge in [0.25, 0.3) is 11.5 Å². The molecular formula is C27H20F4N4O5. The first-order chi connectivity index (χ1) is 19.1. The highest BCUT2D eigenvalue weighted by molar-refractivity contribution is 6.06. The number of carbonyl (C=O) groups excluding carboxylic acids is 1. The SMILES string of the molecule is COc1cc(F)c(-c2c(NC(=O)c3ccc(OC(F)F)cc3)c(=O)n(-c3cc(OC)ccc3C#N)n2C)c(F)c1. The lowest BCUT2D eigenvalue weighted by Crippen LogP contribution is -2.23. The van der Waals surface area contributed by atoms with Gasteiger partial charge in [-0.3, -0.25) is 14.3 Å². The van der Waals surface area contributed by atoms with E-state index in [1.165, 1.54) is 51.6 Å². The molecule has 206 valence electrons. The quantitative estimate of drug-likeness (QED) is 0.311. The van der Waals surface area contributed by atoms with Gasteiger partial charge in [-0.2, -0.15) is 14.0 Å². The van der Waals surface area contributed by atoms with Gasteiger partial charge in [0.2, 0.25) is 0 Å². The third kappa shape index (κ3) is 5.19. The first-order valence-electron chi connectivity index (χ1n) is 11.4. The van der Waals surface area contributed by atoms with Gasteiger partial charge >= 0.3 is 6.61 Å². The van der Waals surface area contributed by atoms with Crippen LogP contribution in [0.5, 0.6) is 17.2 Å². The molecule has 0 radical (unpaired) electrons. The number of hydrogen-bond acceptors (Lipinski definition) is 6. The molecule has 3 aromatic carbocycles. The number of nitrogens with one attached hydrogen (secondary N) is 1. The minimum Gasteiger partial charge on any atom is -0.497 e. The number of benzene rings is 3. The standard InChI is InChI=1S/C27H20F4N4O5/c1-34-24(22-19(28)10-18(39-3)11-20(22)29)23(33-25(36)14-4-7-16(8-5-14)40-27(30)31)26(37)35(34)21-12-17(38-2)9-6-15(21)13-32/h4-12,27H,1-3H3,(H,33,36). The Hall–Kier alpha value is -5.25. The topological polar surface area (TPSA) is 108 Å². The van der Waals surface area contributed by atoms with Crippen LogP contribution in [0.3, 0.4) is 0 Å². The van der Waals surface area contributed by atoms with Crippen molar-refractivity contribution in [1.29, 1.82) is 5.26 Å². The molecule has 0 saturated carbocycles. The first kappa shape index (κ1) is 27.8. The summed E-state index contributed by atoms with van der Waals surface area (Å²) in [5, 5.41) is 12.0. The smallest absolute Gasteiger partial charge is 0.387 e. The van der Waals surface area contributed by atoms with E-state index in [4.69, 9.17) is 9.47 Å². The predicted molar refractivity (Wildman–Crippen MR) is 135 cm³/mol. The molecule has 4 rings (SSSR count). The van der Waals surface area contributed by atoms with Crippen LogP contribution < -0.4 is 25.1 Å². The van der Waals surface area contributed by atoms with Crippen LogP contribution in [0.1, 0.15) is 15.9 Å². The number of carbonyl (C=O) groups is 1. The number of halogens is 4. The van der Waals surface area contributed by atoms with E-state index in [1.54, 1.807) is 0 Å². The van der Waals surface area contributed by atoms with Gasteiger partial charge in [0.15, 0.2) is 0 Å². The third-order valence-electron chi connectivity index (χ3n) is 5.89. The van der Waals surface area contributed by atoms with Crippen molar-refractivity contribution < 1.29 is 36.6 Å². The van der Waals surface area contributed by atoms with E-state index in [9.17, 15) is 23.6 Å². The third-order valence-corrected chi connectivity index (χ3v) is 5.89. The fourth-order valence-corrected chi connectivity index (χ4v) is 4.05. The molecule has 9 nitrogen and oxygen atoms in total. The Bertz CT molecular complexity index is 1670. The van der Waals surface area contributed by atoms with Crippen LogP contribution in [0.25, 0.3) is 16.9 Å². The summed E-state index contributed by atoms with van der Waals surface area (Å²) in [6.07, 6.45) is 0. The van der Waals surface area contributed by atoms with E-state index in [0.717, 1.165) is 33.6 Å². The summed E-state index contributed by atoms with van der Waals surface area (Å²) < 4.78 is 71.9. The Morgan fingerprint density at radius 3 is 2.10 bits per heavy atom. The maximum atomic E-state index is 15.3. The lowest BCUT2D eigenvalue weighted by Gasteiger charge is -2.14. The van der Waals surface area contributed by atoms with Crippen molar-refractivity contribution in [3.63, 3.8) is 0 Å². The van der Waals surface area contributed by atoms with Gasteiger partial charge in [-0.1, -0.05) is 0 Å². The van der Waals surface area contributed by atoms with E-state index >= 15 is 8.78 Å². The average molecular weight is 556 g/mol. The van der Waals surface area contributed by atoms with Crippen molar-refractivity contribution in [3.8, 4) is 40.3 Å². The van der Waals surface area contributed by atoms with Crippen LogP contribution in [0.4, 0.5) is 23.2 Å². The Labute approximate surface area is 224 Å². The number of rotatable bonds is 8. The Morgan fingerprint density at radius 2 is 1.55 bits per heavy atom. The highest BCUT2D eigenvalue weighted by Gasteiger charge is 2.28. The first-order valence-corrected chi connectivity index (χ1v) is 11.4. The maximum Gasteiger partial charge on any atom is 0.387 e. The van der Waals surface area contributed by atoms with Crippen molar-refractivity contribution in [2.45, 2.75) is 6.61 Å². The molecule has 0 atom stereocenters. The minimum atomic E-state index is -3.07. The van der Waals surface area contributed by atoms with Gasteiger partial charge < -0.3 is 19.5 Å². The fraction of sp³-hybridized carbons (Fsp3) is 0.148. The van der Waals surface area contributed by atoms with Crippen molar-refractivity contribution >= 4 is 11.6 Å². The number of nitrogens with zero attached hydrogens (tertiary/aromatic N) is 3. The van der Waals surface area contributed by atoms with Crippen molar-refractivity contribution in [1.82, 2.24) is 9.36 Å². The molecule has 0 aliphatic carbocycles. The summed E-state index contributed by atoms with van der Waals surface area (Å²) in [5.74, 6) is -3.14. The molecule has 1 aromatic heterocycles. The Kier molecular flexibility index (Phi) is 7.81. The molecule has 0 aliphatic heterocycles. The van der Waals surface area contributed by atoms with Gasteiger partial charge in [-0.15, -0.1) is 0 Å². The molecule has 1 N–H and O–H groups in total. The summed E-state index contributed by atoms with van der Waals surface area (Å²) in [6.45, 7) is -3.07. The van der Waals surface area contributed by atoms with Gasteiger partial charge in [0.05, 0.1) is 31.0 Å². The second-order valence-corrected chi connectivity index (χ2v) is 8.18. The monoisotopic (exact) mass is 556 g/mol. The second kappa shape index (κ2) is 11.2. The number of aromatic nitrogens is 2. The Morgan fingerprint density at radius 1 is 0.950 bits per heavy atom. The van der Waals surface area contributed by atoms with Crippen LogP contribution in [-0.4, -0.2) is 36.1 Å². The highest BCUT2D eigenvalue weighted by Crippen LogP contribution is 2.35. The maximum absolute atomic E-state index is 15.3. The fourth-order valence-electron chi connectivity index (χ4n) is 4.05. The van der Waals surface area contributed by atoms with E-state index in [1.807, 2.05) is 6.07 Å². The molecular weight excluding hydrogens is 536 g/mol. The van der Waals surface area contributed by atoms with Crippen LogP contribution in [-0.2, 0) is 7.05 Å². The van der Waals surface area contributed by atoms with Crippen LogP contribution in [0.2, 0.25) is 0 Å². The zero-order chi connectivity index (χ0) is 29.1. The van der Waals surface area contributed by atoms with Crippen LogP contribution in [0.15, 0.2) is 59.4 Å². The number of nitriles is 1. The number of ether oxygens (including phenoxy) is 3. The molecule has 0 aliphatic rings. The number of methoxy groups -OCH3 is 2. The van der Waals surface area contributed by atoms with Crippen LogP contribution >= 0.6 is 0 Å². The van der Waals surface area contributed by atoms with Crippen molar-refractivity contribution in [2.24, 2.45) is 7.05 Å². The van der Waals surface area contributed by atoms with Gasteiger partial charge in [0.1, 0.15) is 46.3 Å².